The number of aromatic nitrogens is 2. The van der Waals surface area contributed by atoms with Crippen LogP contribution < -0.4 is 14.8 Å². The molecule has 0 aliphatic rings. The molecular weight excluding hydrogens is 384 g/mol. The Morgan fingerprint density at radius 1 is 0.967 bits per heavy atom. The van der Waals surface area contributed by atoms with Gasteiger partial charge in [0.25, 0.3) is 5.69 Å². The summed E-state index contributed by atoms with van der Waals surface area (Å²) in [5.41, 5.74) is 1.25. The highest BCUT2D eigenvalue weighted by Gasteiger charge is 2.14. The van der Waals surface area contributed by atoms with E-state index < -0.39 is 4.92 Å². The molecule has 0 bridgehead atoms. The van der Waals surface area contributed by atoms with Crippen LogP contribution in [-0.2, 0) is 0 Å². The average molecular weight is 402 g/mol. The minimum atomic E-state index is -0.449. The van der Waals surface area contributed by atoms with Crippen LogP contribution in [0.4, 0.5) is 17.2 Å². The van der Waals surface area contributed by atoms with Crippen molar-refractivity contribution >= 4 is 28.1 Å². The van der Waals surface area contributed by atoms with Crippen molar-refractivity contribution in [3.63, 3.8) is 0 Å². The third-order valence-electron chi connectivity index (χ3n) is 4.24. The van der Waals surface area contributed by atoms with Crippen molar-refractivity contribution in [3.8, 4) is 17.5 Å². The van der Waals surface area contributed by atoms with Crippen molar-refractivity contribution in [3.05, 3.63) is 82.9 Å². The van der Waals surface area contributed by atoms with Gasteiger partial charge in [-0.25, -0.2) is 0 Å². The fourth-order valence-corrected chi connectivity index (χ4v) is 2.87. The van der Waals surface area contributed by atoms with Crippen molar-refractivity contribution in [2.75, 3.05) is 11.9 Å². The molecule has 4 rings (SSSR count). The van der Waals surface area contributed by atoms with Crippen LogP contribution in [0.1, 0.15) is 6.92 Å². The van der Waals surface area contributed by atoms with Crippen molar-refractivity contribution < 1.29 is 14.4 Å². The molecule has 0 amide bonds. The second-order valence-corrected chi connectivity index (χ2v) is 6.31. The van der Waals surface area contributed by atoms with E-state index in [9.17, 15) is 10.1 Å². The van der Waals surface area contributed by atoms with Gasteiger partial charge in [0.05, 0.1) is 22.4 Å². The van der Waals surface area contributed by atoms with E-state index in [1.165, 1.54) is 12.1 Å². The third-order valence-corrected chi connectivity index (χ3v) is 4.24. The first-order chi connectivity index (χ1) is 14.6. The number of ether oxygens (including phenoxy) is 2. The van der Waals surface area contributed by atoms with Gasteiger partial charge in [0.15, 0.2) is 0 Å². The summed E-state index contributed by atoms with van der Waals surface area (Å²) in [5, 5.41) is 14.9. The molecule has 0 unspecified atom stereocenters. The smallest absolute Gasteiger partial charge is 0.318 e. The number of para-hydroxylation sites is 1. The molecule has 1 aromatic heterocycles. The van der Waals surface area contributed by atoms with E-state index in [0.29, 0.717) is 29.1 Å². The normalized spacial score (nSPS) is 10.6. The number of hydrogen-bond acceptors (Lipinski definition) is 7. The van der Waals surface area contributed by atoms with Gasteiger partial charge in [-0.2, -0.15) is 9.97 Å². The molecule has 8 heteroatoms. The first kappa shape index (κ1) is 19.1. The maximum Gasteiger partial charge on any atom is 0.318 e. The van der Waals surface area contributed by atoms with Crippen LogP contribution in [0.15, 0.2) is 72.8 Å². The fourth-order valence-electron chi connectivity index (χ4n) is 2.87. The molecule has 1 heterocycles. The third kappa shape index (κ3) is 4.27. The Labute approximate surface area is 172 Å². The molecule has 1 N–H and O–H groups in total. The van der Waals surface area contributed by atoms with Crippen LogP contribution in [0.3, 0.4) is 0 Å². The Bertz CT molecular complexity index is 1180. The van der Waals surface area contributed by atoms with Gasteiger partial charge in [-0.3, -0.25) is 10.1 Å². The monoisotopic (exact) mass is 402 g/mol. The number of non-ortho nitro benzene ring substituents is 1. The Hall–Kier alpha value is -4.20. The maximum atomic E-state index is 11.2. The standard InChI is InChI=1S/C22H18N4O4/c1-2-29-22-24-20-13-10-16(26(27)28)14-19(20)21(25-22)23-15-8-11-18(12-9-15)30-17-6-4-3-5-7-17/h3-14H,2H2,1H3,(H,23,24,25). The molecule has 150 valence electrons. The number of nitro benzene ring substituents is 1. The summed E-state index contributed by atoms with van der Waals surface area (Å²) in [5.74, 6) is 1.85. The zero-order chi connectivity index (χ0) is 20.9. The lowest BCUT2D eigenvalue weighted by molar-refractivity contribution is -0.384. The molecule has 0 aliphatic carbocycles. The van der Waals surface area contributed by atoms with E-state index in [0.717, 1.165) is 11.4 Å². The summed E-state index contributed by atoms with van der Waals surface area (Å²) >= 11 is 0. The predicted molar refractivity (Wildman–Crippen MR) is 114 cm³/mol. The highest BCUT2D eigenvalue weighted by Crippen LogP contribution is 2.30. The fraction of sp³-hybridized carbons (Fsp3) is 0.0909. The SMILES string of the molecule is CCOc1nc(Nc2ccc(Oc3ccccc3)cc2)c2cc([N+](=O)[O-])ccc2n1. The van der Waals surface area contributed by atoms with Gasteiger partial charge in [-0.15, -0.1) is 0 Å². The minimum absolute atomic E-state index is 0.0371. The summed E-state index contributed by atoms with van der Waals surface area (Å²) in [6, 6.07) is 21.4. The molecule has 0 saturated heterocycles. The minimum Gasteiger partial charge on any atom is -0.464 e. The number of nitrogens with one attached hydrogen (secondary N) is 1. The maximum absolute atomic E-state index is 11.2. The van der Waals surface area contributed by atoms with Crippen LogP contribution in [-0.4, -0.2) is 21.5 Å². The molecule has 4 aromatic rings. The van der Waals surface area contributed by atoms with Gasteiger partial charge in [0.1, 0.15) is 17.3 Å². The Morgan fingerprint density at radius 2 is 1.70 bits per heavy atom. The van der Waals surface area contributed by atoms with E-state index in [-0.39, 0.29) is 11.7 Å². The van der Waals surface area contributed by atoms with E-state index in [1.807, 2.05) is 61.5 Å². The Balaban J connectivity index is 1.64. The zero-order valence-corrected chi connectivity index (χ0v) is 16.1. The van der Waals surface area contributed by atoms with Crippen molar-refractivity contribution in [1.29, 1.82) is 0 Å². The van der Waals surface area contributed by atoms with Crippen molar-refractivity contribution in [2.45, 2.75) is 6.92 Å². The average Bonchev–Trinajstić information content (AvgIpc) is 2.76. The largest absolute Gasteiger partial charge is 0.464 e. The van der Waals surface area contributed by atoms with Crippen LogP contribution >= 0.6 is 0 Å². The quantitative estimate of drug-likeness (QED) is 0.323. The highest BCUT2D eigenvalue weighted by atomic mass is 16.6. The lowest BCUT2D eigenvalue weighted by atomic mass is 10.2. The molecule has 30 heavy (non-hydrogen) atoms. The second-order valence-electron chi connectivity index (χ2n) is 6.31. The molecule has 0 radical (unpaired) electrons. The zero-order valence-electron chi connectivity index (χ0n) is 16.1. The summed E-state index contributed by atoms with van der Waals surface area (Å²) in [6.07, 6.45) is 0. The molecular formula is C22H18N4O4. The molecule has 0 atom stereocenters. The summed E-state index contributed by atoms with van der Waals surface area (Å²) in [4.78, 5) is 19.4. The van der Waals surface area contributed by atoms with Gasteiger partial charge in [0.2, 0.25) is 0 Å². The Morgan fingerprint density at radius 3 is 2.40 bits per heavy atom. The second kappa shape index (κ2) is 8.44. The first-order valence-corrected chi connectivity index (χ1v) is 9.31. The topological polar surface area (TPSA) is 99.4 Å². The van der Waals surface area contributed by atoms with Crippen LogP contribution in [0.2, 0.25) is 0 Å². The number of fused-ring (bicyclic) bond motifs is 1. The molecule has 0 fully saturated rings. The molecule has 3 aromatic carbocycles. The van der Waals surface area contributed by atoms with Gasteiger partial charge >= 0.3 is 6.01 Å². The number of nitro groups is 1. The van der Waals surface area contributed by atoms with Crippen LogP contribution in [0, 0.1) is 10.1 Å². The van der Waals surface area contributed by atoms with Crippen LogP contribution in [0.25, 0.3) is 10.9 Å². The van der Waals surface area contributed by atoms with Crippen molar-refractivity contribution in [1.82, 2.24) is 9.97 Å². The first-order valence-electron chi connectivity index (χ1n) is 9.31. The van der Waals surface area contributed by atoms with Gasteiger partial charge < -0.3 is 14.8 Å². The van der Waals surface area contributed by atoms with Crippen molar-refractivity contribution in [2.24, 2.45) is 0 Å². The molecule has 0 saturated carbocycles. The number of rotatable bonds is 7. The van der Waals surface area contributed by atoms with E-state index >= 15 is 0 Å². The van der Waals surface area contributed by atoms with E-state index in [2.05, 4.69) is 15.3 Å². The van der Waals surface area contributed by atoms with E-state index in [4.69, 9.17) is 9.47 Å². The number of anilines is 2. The number of benzene rings is 3. The lowest BCUT2D eigenvalue weighted by Gasteiger charge is -2.12. The van der Waals surface area contributed by atoms with Crippen LogP contribution in [0.5, 0.6) is 17.5 Å². The Kier molecular flexibility index (Phi) is 5.38. The van der Waals surface area contributed by atoms with Gasteiger partial charge in [-0.05, 0) is 49.4 Å². The molecule has 0 spiro atoms. The summed E-state index contributed by atoms with van der Waals surface area (Å²) < 4.78 is 11.2. The molecule has 8 nitrogen and oxygen atoms in total. The number of nitrogens with zero attached hydrogens (tertiary/aromatic N) is 3. The summed E-state index contributed by atoms with van der Waals surface area (Å²) in [6.45, 7) is 2.24. The van der Waals surface area contributed by atoms with E-state index in [1.54, 1.807) is 6.07 Å². The predicted octanol–water partition coefficient (Wildman–Crippen LogP) is 5.47. The van der Waals surface area contributed by atoms with Gasteiger partial charge in [-0.1, -0.05) is 18.2 Å². The number of hydrogen-bond donors (Lipinski definition) is 1. The summed E-state index contributed by atoms with van der Waals surface area (Å²) in [7, 11) is 0. The molecule has 0 aliphatic heterocycles. The highest BCUT2D eigenvalue weighted by molar-refractivity contribution is 5.92. The van der Waals surface area contributed by atoms with Gasteiger partial charge in [0, 0.05) is 17.8 Å². The lowest BCUT2D eigenvalue weighted by Crippen LogP contribution is -2.02.